The Bertz CT molecular complexity index is 1040. The molecule has 134 valence electrons. The average Bonchev–Trinajstić information content (AvgIpc) is 3.38. The number of ketones is 1. The van der Waals surface area contributed by atoms with Crippen molar-refractivity contribution in [2.24, 2.45) is 6.98 Å². The van der Waals surface area contributed by atoms with E-state index in [2.05, 4.69) is 20.0 Å². The molecule has 26 heavy (non-hydrogen) atoms. The van der Waals surface area contributed by atoms with Crippen LogP contribution in [0.1, 0.15) is 29.6 Å². The molecule has 1 fully saturated rings. The molecular weight excluding hydrogens is 326 g/mol. The summed E-state index contributed by atoms with van der Waals surface area (Å²) >= 11 is 0. The molecular formula is C20H23N5O. The molecule has 1 aliphatic rings. The lowest BCUT2D eigenvalue weighted by molar-refractivity contribution is -0.122. The predicted octanol–water partition coefficient (Wildman–Crippen LogP) is 2.63. The molecule has 4 rings (SSSR count). The summed E-state index contributed by atoms with van der Waals surface area (Å²) in [5.41, 5.74) is 2.88. The number of Topliss-reactive ketones (excluding diaryl/α,β-unsaturated/α-hetero) is 1. The average molecular weight is 352 g/mol. The van der Waals surface area contributed by atoms with Crippen molar-refractivity contribution in [2.45, 2.75) is 32.2 Å². The summed E-state index contributed by atoms with van der Waals surface area (Å²) in [6.45, 7) is 1.62. The Morgan fingerprint density at radius 2 is 2.04 bits per heavy atom. The number of carbonyl (C=O) groups excluding carboxylic acids is 1. The minimum Gasteiger partial charge on any atom is -0.298 e. The summed E-state index contributed by atoms with van der Waals surface area (Å²) in [5.74, 6) is 0.168. The summed E-state index contributed by atoms with van der Waals surface area (Å²) < 4.78 is 23.3. The third-order valence-electron chi connectivity index (χ3n) is 5.05. The molecule has 3 aromatic rings. The highest BCUT2D eigenvalue weighted by atomic mass is 16.1. The molecule has 1 atom stereocenters. The Labute approximate surface area is 157 Å². The molecule has 0 radical (unpaired) electrons. The van der Waals surface area contributed by atoms with Gasteiger partial charge in [-0.1, -0.05) is 0 Å². The van der Waals surface area contributed by atoms with Crippen LogP contribution in [-0.2, 0) is 18.2 Å². The Morgan fingerprint density at radius 1 is 1.19 bits per heavy atom. The monoisotopic (exact) mass is 352 g/mol. The van der Waals surface area contributed by atoms with E-state index in [1.54, 1.807) is 12.4 Å². The Morgan fingerprint density at radius 3 is 2.81 bits per heavy atom. The number of nitrogens with zero attached hydrogens (tertiary/aromatic N) is 5. The predicted molar refractivity (Wildman–Crippen MR) is 101 cm³/mol. The molecule has 0 saturated carbocycles. The fourth-order valence-corrected chi connectivity index (χ4v) is 3.46. The lowest BCUT2D eigenvalue weighted by Gasteiger charge is -2.22. The van der Waals surface area contributed by atoms with Crippen LogP contribution in [0.5, 0.6) is 0 Å². The van der Waals surface area contributed by atoms with Crippen LogP contribution < -0.4 is 0 Å². The molecule has 0 amide bonds. The third-order valence-corrected chi connectivity index (χ3v) is 5.05. The Kier molecular flexibility index (Phi) is 3.63. The number of likely N-dealkylation sites (tertiary alicyclic amines) is 1. The van der Waals surface area contributed by atoms with E-state index in [0.29, 0.717) is 11.3 Å². The third kappa shape index (κ3) is 3.37. The van der Waals surface area contributed by atoms with E-state index in [-0.39, 0.29) is 18.2 Å². The zero-order valence-electron chi connectivity index (χ0n) is 17.7. The lowest BCUT2D eigenvalue weighted by atomic mass is 10.1. The van der Waals surface area contributed by atoms with E-state index >= 15 is 0 Å². The Balaban J connectivity index is 1.56. The van der Waals surface area contributed by atoms with Gasteiger partial charge in [-0.15, -0.1) is 0 Å². The van der Waals surface area contributed by atoms with E-state index in [1.165, 1.54) is 12.4 Å². The first-order chi connectivity index (χ1) is 13.8. The summed E-state index contributed by atoms with van der Waals surface area (Å²) in [6, 6.07) is 3.71. The SMILES string of the molecule is [2H]C([2H])([2H])n1cc(-c2cnc3cnc(CC(=O)[C@H](C)N4CCCC4)cc3c2)cn1. The Hall–Kier alpha value is -2.60. The standard InChI is InChI=1S/C20H23N5O/c1-14(25-5-3-4-6-25)20(26)9-18-8-15-7-16(10-22-19(15)12-21-18)17-11-23-24(2)13-17/h7-8,10-14H,3-6,9H2,1-2H3/t14-/m0/s1/i2D3. The number of aromatic nitrogens is 4. The fraction of sp³-hybridized carbons (Fsp3) is 0.400. The van der Waals surface area contributed by atoms with E-state index in [1.807, 2.05) is 19.1 Å². The minimum absolute atomic E-state index is 0.0924. The van der Waals surface area contributed by atoms with Crippen molar-refractivity contribution in [3.8, 4) is 11.1 Å². The van der Waals surface area contributed by atoms with Crippen LogP contribution in [0.25, 0.3) is 22.0 Å². The topological polar surface area (TPSA) is 63.9 Å². The smallest absolute Gasteiger partial charge is 0.155 e. The maximum Gasteiger partial charge on any atom is 0.155 e. The van der Waals surface area contributed by atoms with Gasteiger partial charge in [-0.2, -0.15) is 5.10 Å². The number of pyridine rings is 2. The number of fused-ring (bicyclic) bond motifs is 1. The van der Waals surface area contributed by atoms with Gasteiger partial charge < -0.3 is 0 Å². The summed E-state index contributed by atoms with van der Waals surface area (Å²) in [7, 11) is 0. The van der Waals surface area contributed by atoms with Crippen LogP contribution in [-0.4, -0.2) is 49.6 Å². The first-order valence-electron chi connectivity index (χ1n) is 10.4. The van der Waals surface area contributed by atoms with Gasteiger partial charge in [-0.3, -0.25) is 24.3 Å². The van der Waals surface area contributed by atoms with E-state index in [4.69, 9.17) is 4.11 Å². The van der Waals surface area contributed by atoms with Crippen molar-refractivity contribution >= 4 is 16.7 Å². The number of aryl methyl sites for hydroxylation is 1. The van der Waals surface area contributed by atoms with E-state index in [9.17, 15) is 4.79 Å². The summed E-state index contributed by atoms with van der Waals surface area (Å²) in [5, 5.41) is 4.78. The number of hydrogen-bond donors (Lipinski definition) is 0. The minimum atomic E-state index is -2.31. The molecule has 6 nitrogen and oxygen atoms in total. The van der Waals surface area contributed by atoms with E-state index < -0.39 is 6.98 Å². The lowest BCUT2D eigenvalue weighted by Crippen LogP contribution is -2.37. The van der Waals surface area contributed by atoms with Gasteiger partial charge >= 0.3 is 0 Å². The van der Waals surface area contributed by atoms with Crippen molar-refractivity contribution in [3.05, 3.63) is 42.6 Å². The van der Waals surface area contributed by atoms with Gasteiger partial charge in [0.2, 0.25) is 0 Å². The van der Waals surface area contributed by atoms with Gasteiger partial charge in [0.1, 0.15) is 0 Å². The second-order valence-corrected chi connectivity index (χ2v) is 6.83. The largest absolute Gasteiger partial charge is 0.298 e. The molecule has 0 bridgehead atoms. The van der Waals surface area contributed by atoms with Gasteiger partial charge in [0, 0.05) is 45.7 Å². The quantitative estimate of drug-likeness (QED) is 0.706. The van der Waals surface area contributed by atoms with Gasteiger partial charge in [-0.25, -0.2) is 0 Å². The van der Waals surface area contributed by atoms with Crippen molar-refractivity contribution in [1.82, 2.24) is 24.6 Å². The van der Waals surface area contributed by atoms with Gasteiger partial charge in [0.25, 0.3) is 0 Å². The zero-order chi connectivity index (χ0) is 20.6. The van der Waals surface area contributed by atoms with Crippen molar-refractivity contribution in [3.63, 3.8) is 0 Å². The normalized spacial score (nSPS) is 18.4. The molecule has 4 heterocycles. The van der Waals surface area contributed by atoms with Crippen LogP contribution >= 0.6 is 0 Å². The molecule has 0 unspecified atom stereocenters. The first kappa shape index (κ1) is 13.6. The molecule has 1 saturated heterocycles. The van der Waals surface area contributed by atoms with Gasteiger partial charge in [0.15, 0.2) is 5.78 Å². The highest BCUT2D eigenvalue weighted by Crippen LogP contribution is 2.22. The maximum atomic E-state index is 12.7. The molecule has 6 heteroatoms. The highest BCUT2D eigenvalue weighted by Gasteiger charge is 2.24. The summed E-state index contributed by atoms with van der Waals surface area (Å²) in [6.07, 6.45) is 8.93. The van der Waals surface area contributed by atoms with Crippen molar-refractivity contribution in [1.29, 1.82) is 0 Å². The molecule has 1 aliphatic heterocycles. The number of hydrogen-bond acceptors (Lipinski definition) is 5. The van der Waals surface area contributed by atoms with Crippen LogP contribution in [0.3, 0.4) is 0 Å². The number of rotatable bonds is 5. The van der Waals surface area contributed by atoms with Crippen molar-refractivity contribution < 1.29 is 8.91 Å². The van der Waals surface area contributed by atoms with Gasteiger partial charge in [-0.05, 0) is 45.0 Å². The highest BCUT2D eigenvalue weighted by molar-refractivity contribution is 5.87. The molecule has 0 aliphatic carbocycles. The van der Waals surface area contributed by atoms with Crippen LogP contribution in [0.15, 0.2) is 36.9 Å². The first-order valence-corrected chi connectivity index (χ1v) is 8.88. The van der Waals surface area contributed by atoms with Crippen LogP contribution in [0.2, 0.25) is 0 Å². The molecule has 3 aromatic heterocycles. The molecule has 0 aromatic carbocycles. The molecule has 0 spiro atoms. The number of carbonyl (C=O) groups is 1. The van der Waals surface area contributed by atoms with Crippen LogP contribution in [0.4, 0.5) is 0 Å². The fourth-order valence-electron chi connectivity index (χ4n) is 3.46. The van der Waals surface area contributed by atoms with E-state index in [0.717, 1.165) is 47.1 Å². The maximum absolute atomic E-state index is 12.7. The summed E-state index contributed by atoms with van der Waals surface area (Å²) in [4.78, 5) is 23.7. The molecule has 0 N–H and O–H groups in total. The van der Waals surface area contributed by atoms with Gasteiger partial charge in [0.05, 0.1) is 30.4 Å². The van der Waals surface area contributed by atoms with Crippen molar-refractivity contribution in [2.75, 3.05) is 13.1 Å². The second-order valence-electron chi connectivity index (χ2n) is 6.83. The zero-order valence-corrected chi connectivity index (χ0v) is 14.7. The second kappa shape index (κ2) is 6.96. The van der Waals surface area contributed by atoms with Crippen LogP contribution in [0, 0.1) is 0 Å².